The predicted molar refractivity (Wildman–Crippen MR) is 77.4 cm³/mol. The van der Waals surface area contributed by atoms with Crippen LogP contribution in [0, 0.1) is 17.8 Å². The van der Waals surface area contributed by atoms with Crippen molar-refractivity contribution in [3.8, 4) is 0 Å². The molecule has 1 saturated heterocycles. The Morgan fingerprint density at radius 2 is 1.24 bits per heavy atom. The molecular weight excluding hydrogens is 246 g/mol. The summed E-state index contributed by atoms with van der Waals surface area (Å²) in [6.07, 6.45) is 9.36. The van der Waals surface area contributed by atoms with Crippen molar-refractivity contribution < 1.29 is 0 Å². The zero-order valence-corrected chi connectivity index (χ0v) is 12.2. The molecule has 17 heavy (non-hydrogen) atoms. The van der Waals surface area contributed by atoms with Crippen LogP contribution in [0.4, 0.5) is 0 Å². The van der Waals surface area contributed by atoms with Crippen molar-refractivity contribution in [2.45, 2.75) is 44.1 Å². The zero-order chi connectivity index (χ0) is 11.3. The first-order chi connectivity index (χ1) is 8.34. The molecule has 1 nitrogen and oxygen atoms in total. The fourth-order valence-electron chi connectivity index (χ4n) is 5.23. The Kier molecular flexibility index (Phi) is 2.94. The van der Waals surface area contributed by atoms with Crippen LogP contribution in [0.2, 0.25) is 0 Å². The first-order valence-corrected chi connectivity index (χ1v) is 9.56. The molecule has 0 N–H and O–H groups in total. The second-order valence-corrected chi connectivity index (χ2v) is 8.91. The lowest BCUT2D eigenvalue weighted by molar-refractivity contribution is -0.0744. The topological polar surface area (TPSA) is 3.24 Å². The minimum Gasteiger partial charge on any atom is -0.279 e. The van der Waals surface area contributed by atoms with Crippen LogP contribution in [0.1, 0.15) is 38.5 Å². The molecular formula is C14H23NS2. The van der Waals surface area contributed by atoms with Gasteiger partial charge in [-0.3, -0.25) is 4.90 Å². The molecule has 1 heterocycles. The van der Waals surface area contributed by atoms with Crippen LogP contribution in [-0.4, -0.2) is 33.7 Å². The van der Waals surface area contributed by atoms with Crippen molar-refractivity contribution in [1.29, 1.82) is 0 Å². The largest absolute Gasteiger partial charge is 0.279 e. The molecule has 4 aliphatic carbocycles. The maximum Gasteiger partial charge on any atom is 0.0458 e. The third kappa shape index (κ3) is 1.97. The van der Waals surface area contributed by atoms with Gasteiger partial charge in [-0.15, -0.1) is 23.5 Å². The van der Waals surface area contributed by atoms with E-state index in [0.29, 0.717) is 5.54 Å². The van der Waals surface area contributed by atoms with E-state index in [-0.39, 0.29) is 0 Å². The van der Waals surface area contributed by atoms with Gasteiger partial charge in [0.25, 0.3) is 0 Å². The molecule has 0 aromatic carbocycles. The fraction of sp³-hybridized carbons (Fsp3) is 1.00. The second-order valence-electron chi connectivity index (χ2n) is 6.76. The summed E-state index contributed by atoms with van der Waals surface area (Å²) in [5, 5.41) is 0. The molecule has 5 aliphatic rings. The SMILES string of the molecule is C1CSCN(C23CC4CC(CC(C4)C2)C3)CS1. The summed E-state index contributed by atoms with van der Waals surface area (Å²) in [5.74, 6) is 8.66. The van der Waals surface area contributed by atoms with Gasteiger partial charge in [0.15, 0.2) is 0 Å². The van der Waals surface area contributed by atoms with Crippen LogP contribution < -0.4 is 0 Å². The summed E-state index contributed by atoms with van der Waals surface area (Å²) in [6, 6.07) is 0. The molecule has 0 aromatic rings. The van der Waals surface area contributed by atoms with Gasteiger partial charge in [-0.25, -0.2) is 0 Å². The molecule has 5 rings (SSSR count). The van der Waals surface area contributed by atoms with Crippen molar-refractivity contribution in [1.82, 2.24) is 4.90 Å². The number of rotatable bonds is 1. The third-order valence-corrected chi connectivity index (χ3v) is 7.78. The molecule has 0 aromatic heterocycles. The van der Waals surface area contributed by atoms with Crippen LogP contribution in [0.5, 0.6) is 0 Å². The molecule has 5 fully saturated rings. The van der Waals surface area contributed by atoms with Crippen molar-refractivity contribution in [2.24, 2.45) is 17.8 Å². The van der Waals surface area contributed by atoms with E-state index in [1.165, 1.54) is 23.3 Å². The van der Waals surface area contributed by atoms with Crippen LogP contribution in [0.25, 0.3) is 0 Å². The zero-order valence-electron chi connectivity index (χ0n) is 10.6. The van der Waals surface area contributed by atoms with Gasteiger partial charge >= 0.3 is 0 Å². The van der Waals surface area contributed by atoms with E-state index in [1.807, 2.05) is 0 Å². The highest BCUT2D eigenvalue weighted by atomic mass is 32.2. The van der Waals surface area contributed by atoms with Gasteiger partial charge in [0.05, 0.1) is 0 Å². The van der Waals surface area contributed by atoms with Crippen molar-refractivity contribution >= 4 is 23.5 Å². The highest BCUT2D eigenvalue weighted by Gasteiger charge is 2.53. The minimum absolute atomic E-state index is 0.652. The quantitative estimate of drug-likeness (QED) is 0.715. The Bertz CT molecular complexity index is 261. The van der Waals surface area contributed by atoms with E-state index in [9.17, 15) is 0 Å². The highest BCUT2D eigenvalue weighted by molar-refractivity contribution is 8.03. The molecule has 96 valence electrons. The van der Waals surface area contributed by atoms with Gasteiger partial charge in [0, 0.05) is 28.8 Å². The summed E-state index contributed by atoms with van der Waals surface area (Å²) in [5.41, 5.74) is 0.652. The summed E-state index contributed by atoms with van der Waals surface area (Å²) < 4.78 is 0. The fourth-order valence-corrected chi connectivity index (χ4v) is 7.72. The summed E-state index contributed by atoms with van der Waals surface area (Å²) >= 11 is 4.36. The van der Waals surface area contributed by atoms with Gasteiger partial charge in [-0.1, -0.05) is 0 Å². The van der Waals surface area contributed by atoms with E-state index >= 15 is 0 Å². The Morgan fingerprint density at radius 1 is 0.765 bits per heavy atom. The first-order valence-electron chi connectivity index (χ1n) is 7.25. The predicted octanol–water partition coefficient (Wildman–Crippen LogP) is 3.65. The summed E-state index contributed by atoms with van der Waals surface area (Å²) in [6.45, 7) is 0. The van der Waals surface area contributed by atoms with Crippen LogP contribution >= 0.6 is 23.5 Å². The first kappa shape index (κ1) is 11.5. The molecule has 0 radical (unpaired) electrons. The normalized spacial score (nSPS) is 50.5. The van der Waals surface area contributed by atoms with E-state index in [0.717, 1.165) is 17.8 Å². The Morgan fingerprint density at radius 3 is 1.71 bits per heavy atom. The number of thioether (sulfide) groups is 2. The lowest BCUT2D eigenvalue weighted by atomic mass is 9.52. The number of nitrogens with zero attached hydrogens (tertiary/aromatic N) is 1. The lowest BCUT2D eigenvalue weighted by Crippen LogP contribution is -2.59. The summed E-state index contributed by atoms with van der Waals surface area (Å²) in [7, 11) is 0. The molecule has 3 heteroatoms. The van der Waals surface area contributed by atoms with E-state index < -0.39 is 0 Å². The molecule has 4 bridgehead atoms. The van der Waals surface area contributed by atoms with Gasteiger partial charge in [-0.05, 0) is 56.3 Å². The van der Waals surface area contributed by atoms with Gasteiger partial charge in [-0.2, -0.15) is 0 Å². The maximum absolute atomic E-state index is 2.89. The molecule has 1 aliphatic heterocycles. The Balaban J connectivity index is 1.58. The third-order valence-electron chi connectivity index (χ3n) is 5.54. The minimum atomic E-state index is 0.652. The standard InChI is InChI=1S/C14H23NS2/c1-2-17-10-15(9-16-1)14-6-11-3-12(7-14)5-13(4-11)8-14/h11-13H,1-10H2. The maximum atomic E-state index is 2.89. The van der Waals surface area contributed by atoms with Crippen molar-refractivity contribution in [3.63, 3.8) is 0 Å². The van der Waals surface area contributed by atoms with Crippen LogP contribution in [0.15, 0.2) is 0 Å². The Labute approximate surface area is 113 Å². The average molecular weight is 269 g/mol. The molecule has 0 unspecified atom stereocenters. The molecule has 0 spiro atoms. The highest BCUT2D eigenvalue weighted by Crippen LogP contribution is 2.58. The molecule has 0 amide bonds. The smallest absolute Gasteiger partial charge is 0.0458 e. The van der Waals surface area contributed by atoms with Crippen molar-refractivity contribution in [2.75, 3.05) is 23.3 Å². The number of hydrogen-bond donors (Lipinski definition) is 0. The molecule has 4 saturated carbocycles. The second kappa shape index (κ2) is 4.35. The summed E-state index contributed by atoms with van der Waals surface area (Å²) in [4.78, 5) is 2.89. The van der Waals surface area contributed by atoms with E-state index in [1.54, 1.807) is 38.5 Å². The van der Waals surface area contributed by atoms with Gasteiger partial charge in [0.2, 0.25) is 0 Å². The monoisotopic (exact) mass is 269 g/mol. The van der Waals surface area contributed by atoms with Gasteiger partial charge in [0.1, 0.15) is 0 Å². The van der Waals surface area contributed by atoms with Crippen LogP contribution in [0.3, 0.4) is 0 Å². The molecule has 0 atom stereocenters. The lowest BCUT2D eigenvalue weighted by Gasteiger charge is -2.60. The van der Waals surface area contributed by atoms with E-state index in [4.69, 9.17) is 0 Å². The van der Waals surface area contributed by atoms with Gasteiger partial charge < -0.3 is 0 Å². The Hall–Kier alpha value is 0.660. The van der Waals surface area contributed by atoms with E-state index in [2.05, 4.69) is 28.4 Å². The van der Waals surface area contributed by atoms with Crippen molar-refractivity contribution in [3.05, 3.63) is 0 Å². The van der Waals surface area contributed by atoms with Crippen LogP contribution in [-0.2, 0) is 0 Å². The number of hydrogen-bond acceptors (Lipinski definition) is 3. The average Bonchev–Trinajstić information content (AvgIpc) is 2.55.